The van der Waals surface area contributed by atoms with Crippen LogP contribution in [0.15, 0.2) is 18.5 Å². The highest BCUT2D eigenvalue weighted by Crippen LogP contribution is 1.93. The zero-order chi connectivity index (χ0) is 9.52. The van der Waals surface area contributed by atoms with Gasteiger partial charge in [0.15, 0.2) is 0 Å². The number of rotatable bonds is 5. The highest BCUT2D eigenvalue weighted by molar-refractivity contribution is 4.86. The maximum Gasteiger partial charge on any atom is 0.146 e. The van der Waals surface area contributed by atoms with E-state index in [-0.39, 0.29) is 0 Å². The van der Waals surface area contributed by atoms with E-state index >= 15 is 0 Å². The summed E-state index contributed by atoms with van der Waals surface area (Å²) >= 11 is 0. The van der Waals surface area contributed by atoms with E-state index in [0.29, 0.717) is 0 Å². The van der Waals surface area contributed by atoms with Crippen LogP contribution in [-0.2, 0) is 13.1 Å². The topological polar surface area (TPSA) is 42.7 Å². The number of aromatic nitrogens is 3. The summed E-state index contributed by atoms with van der Waals surface area (Å²) in [7, 11) is 0. The largest absolute Gasteiger partial charge is 0.317 e. The van der Waals surface area contributed by atoms with Gasteiger partial charge in [0.05, 0.1) is 6.54 Å². The van der Waals surface area contributed by atoms with Crippen molar-refractivity contribution < 1.29 is 0 Å². The van der Waals surface area contributed by atoms with Crippen molar-refractivity contribution in [3.63, 3.8) is 0 Å². The standard InChI is InChI=1S/C9H16N4/c1-3-5-6-10-7-9-12-11-8-13(9)4-2/h3,5,8,10H,4,6-7H2,1-2H3/b5-3+. The molecule has 0 saturated carbocycles. The van der Waals surface area contributed by atoms with Crippen LogP contribution in [-0.4, -0.2) is 21.3 Å². The first-order valence-corrected chi connectivity index (χ1v) is 4.57. The molecule has 1 heterocycles. The summed E-state index contributed by atoms with van der Waals surface area (Å²) in [5.74, 6) is 0.993. The summed E-state index contributed by atoms with van der Waals surface area (Å²) in [4.78, 5) is 0. The Bertz CT molecular complexity index is 264. The van der Waals surface area contributed by atoms with E-state index in [2.05, 4.69) is 28.5 Å². The first-order chi connectivity index (χ1) is 6.38. The molecule has 0 aliphatic rings. The molecule has 0 amide bonds. The Kier molecular flexibility index (Phi) is 4.18. The van der Waals surface area contributed by atoms with E-state index in [0.717, 1.165) is 25.5 Å². The maximum atomic E-state index is 4.01. The Labute approximate surface area is 78.7 Å². The van der Waals surface area contributed by atoms with Gasteiger partial charge in [-0.3, -0.25) is 0 Å². The monoisotopic (exact) mass is 180 g/mol. The van der Waals surface area contributed by atoms with Gasteiger partial charge in [0.2, 0.25) is 0 Å². The molecule has 1 aromatic rings. The molecular weight excluding hydrogens is 164 g/mol. The second-order valence-electron chi connectivity index (χ2n) is 2.73. The van der Waals surface area contributed by atoms with Gasteiger partial charge in [-0.15, -0.1) is 10.2 Å². The molecule has 1 rings (SSSR count). The van der Waals surface area contributed by atoms with Gasteiger partial charge in [-0.2, -0.15) is 0 Å². The van der Waals surface area contributed by atoms with Crippen molar-refractivity contribution in [3.05, 3.63) is 24.3 Å². The van der Waals surface area contributed by atoms with Crippen LogP contribution in [0.2, 0.25) is 0 Å². The smallest absolute Gasteiger partial charge is 0.146 e. The predicted molar refractivity (Wildman–Crippen MR) is 52.2 cm³/mol. The molecule has 0 spiro atoms. The van der Waals surface area contributed by atoms with Crippen molar-refractivity contribution in [3.8, 4) is 0 Å². The first kappa shape index (κ1) is 9.92. The van der Waals surface area contributed by atoms with E-state index < -0.39 is 0 Å². The summed E-state index contributed by atoms with van der Waals surface area (Å²) in [5, 5.41) is 11.1. The van der Waals surface area contributed by atoms with E-state index in [4.69, 9.17) is 0 Å². The molecule has 0 aliphatic heterocycles. The van der Waals surface area contributed by atoms with Crippen molar-refractivity contribution in [2.75, 3.05) is 6.54 Å². The maximum absolute atomic E-state index is 4.01. The molecule has 0 bridgehead atoms. The molecule has 72 valence electrons. The Balaban J connectivity index is 2.35. The van der Waals surface area contributed by atoms with Gasteiger partial charge in [-0.05, 0) is 13.8 Å². The molecule has 4 heteroatoms. The molecule has 1 N–H and O–H groups in total. The molecule has 4 nitrogen and oxygen atoms in total. The number of nitrogens with zero attached hydrogens (tertiary/aromatic N) is 3. The van der Waals surface area contributed by atoms with Gasteiger partial charge in [-0.25, -0.2) is 0 Å². The van der Waals surface area contributed by atoms with Crippen molar-refractivity contribution >= 4 is 0 Å². The number of nitrogens with one attached hydrogen (secondary N) is 1. The Hall–Kier alpha value is -1.16. The fraction of sp³-hybridized carbons (Fsp3) is 0.556. The third kappa shape index (κ3) is 2.99. The molecule has 0 saturated heterocycles. The van der Waals surface area contributed by atoms with Crippen molar-refractivity contribution in [2.24, 2.45) is 0 Å². The van der Waals surface area contributed by atoms with E-state index in [1.807, 2.05) is 17.6 Å². The molecular formula is C9H16N4. The van der Waals surface area contributed by atoms with Crippen molar-refractivity contribution in [2.45, 2.75) is 26.9 Å². The van der Waals surface area contributed by atoms with Gasteiger partial charge < -0.3 is 9.88 Å². The molecule has 0 radical (unpaired) electrons. The Morgan fingerprint density at radius 1 is 1.62 bits per heavy atom. The Morgan fingerprint density at radius 2 is 2.46 bits per heavy atom. The van der Waals surface area contributed by atoms with Gasteiger partial charge in [-0.1, -0.05) is 12.2 Å². The third-order valence-corrected chi connectivity index (χ3v) is 1.82. The molecule has 13 heavy (non-hydrogen) atoms. The fourth-order valence-electron chi connectivity index (χ4n) is 1.07. The highest BCUT2D eigenvalue weighted by Gasteiger charge is 1.99. The minimum absolute atomic E-state index is 0.776. The van der Waals surface area contributed by atoms with E-state index in [1.54, 1.807) is 6.33 Å². The van der Waals surface area contributed by atoms with Crippen LogP contribution in [0, 0.1) is 0 Å². The molecule has 0 unspecified atom stereocenters. The van der Waals surface area contributed by atoms with Gasteiger partial charge in [0.25, 0.3) is 0 Å². The van der Waals surface area contributed by atoms with E-state index in [9.17, 15) is 0 Å². The van der Waals surface area contributed by atoms with Crippen molar-refractivity contribution in [1.29, 1.82) is 0 Å². The van der Waals surface area contributed by atoms with Gasteiger partial charge in [0.1, 0.15) is 12.2 Å². The number of hydrogen-bond acceptors (Lipinski definition) is 3. The quantitative estimate of drug-likeness (QED) is 0.542. The average Bonchev–Trinajstić information content (AvgIpc) is 2.60. The van der Waals surface area contributed by atoms with Crippen molar-refractivity contribution in [1.82, 2.24) is 20.1 Å². The minimum Gasteiger partial charge on any atom is -0.317 e. The molecule has 0 aromatic carbocycles. The van der Waals surface area contributed by atoms with E-state index in [1.165, 1.54) is 0 Å². The summed E-state index contributed by atoms with van der Waals surface area (Å²) in [6.07, 6.45) is 5.86. The Morgan fingerprint density at radius 3 is 3.15 bits per heavy atom. The third-order valence-electron chi connectivity index (χ3n) is 1.82. The normalized spacial score (nSPS) is 11.2. The van der Waals surface area contributed by atoms with Crippen LogP contribution in [0.5, 0.6) is 0 Å². The SMILES string of the molecule is C/C=C/CNCc1nncn1CC. The second kappa shape index (κ2) is 5.48. The summed E-state index contributed by atoms with van der Waals surface area (Å²) < 4.78 is 2.03. The minimum atomic E-state index is 0.776. The summed E-state index contributed by atoms with van der Waals surface area (Å²) in [5.41, 5.74) is 0. The van der Waals surface area contributed by atoms with Crippen LogP contribution < -0.4 is 5.32 Å². The molecule has 0 aliphatic carbocycles. The second-order valence-corrected chi connectivity index (χ2v) is 2.73. The number of allylic oxidation sites excluding steroid dienone is 1. The highest BCUT2D eigenvalue weighted by atomic mass is 15.3. The van der Waals surface area contributed by atoms with Crippen LogP contribution in [0.1, 0.15) is 19.7 Å². The average molecular weight is 180 g/mol. The van der Waals surface area contributed by atoms with Gasteiger partial charge >= 0.3 is 0 Å². The lowest BCUT2D eigenvalue weighted by Gasteiger charge is -2.02. The lowest BCUT2D eigenvalue weighted by molar-refractivity contribution is 0.640. The zero-order valence-electron chi connectivity index (χ0n) is 8.20. The molecule has 1 aromatic heterocycles. The lowest BCUT2D eigenvalue weighted by atomic mass is 10.5. The zero-order valence-corrected chi connectivity index (χ0v) is 8.20. The van der Waals surface area contributed by atoms with Gasteiger partial charge in [0, 0.05) is 13.1 Å². The van der Waals surface area contributed by atoms with Crippen LogP contribution >= 0.6 is 0 Å². The first-order valence-electron chi connectivity index (χ1n) is 4.57. The number of aryl methyl sites for hydroxylation is 1. The molecule has 0 atom stereocenters. The fourth-order valence-corrected chi connectivity index (χ4v) is 1.07. The van der Waals surface area contributed by atoms with Crippen LogP contribution in [0.4, 0.5) is 0 Å². The predicted octanol–water partition coefficient (Wildman–Crippen LogP) is 0.964. The summed E-state index contributed by atoms with van der Waals surface area (Å²) in [6, 6.07) is 0. The van der Waals surface area contributed by atoms with Crippen LogP contribution in [0.25, 0.3) is 0 Å². The summed E-state index contributed by atoms with van der Waals surface area (Å²) in [6.45, 7) is 6.67. The number of hydrogen-bond donors (Lipinski definition) is 1. The molecule has 0 fully saturated rings. The van der Waals surface area contributed by atoms with Crippen LogP contribution in [0.3, 0.4) is 0 Å². The lowest BCUT2D eigenvalue weighted by Crippen LogP contribution is -2.16.